The van der Waals surface area contributed by atoms with Crippen molar-refractivity contribution in [1.82, 2.24) is 4.31 Å². The van der Waals surface area contributed by atoms with Gasteiger partial charge in [-0.15, -0.1) is 0 Å². The largest absolute Gasteiger partial charge is 0.452 e. The maximum Gasteiger partial charge on any atom is 0.338 e. The number of esters is 1. The molecule has 0 saturated carbocycles. The number of hydrogen-bond acceptors (Lipinski definition) is 7. The first-order valence-electron chi connectivity index (χ1n) is 9.43. The molecule has 2 aromatic carbocycles. The van der Waals surface area contributed by atoms with Gasteiger partial charge < -0.3 is 20.5 Å². The molecule has 0 spiro atoms. The molecule has 0 radical (unpaired) electrons. The number of nitrogens with zero attached hydrogens (tertiary/aromatic N) is 1. The number of anilines is 1. The highest BCUT2D eigenvalue weighted by Crippen LogP contribution is 2.22. The molecule has 12 heteroatoms. The van der Waals surface area contributed by atoms with Gasteiger partial charge in [-0.05, 0) is 42.5 Å². The summed E-state index contributed by atoms with van der Waals surface area (Å²) in [6, 6.07) is 8.52. The Kier molecular flexibility index (Phi) is 7.18. The number of carbonyl (C=O) groups is 3. The number of rotatable bonds is 7. The zero-order valence-corrected chi connectivity index (χ0v) is 17.6. The summed E-state index contributed by atoms with van der Waals surface area (Å²) in [7, 11) is -4.17. The highest BCUT2D eigenvalue weighted by molar-refractivity contribution is 7.89. The second kappa shape index (κ2) is 9.85. The molecule has 0 bridgehead atoms. The van der Waals surface area contributed by atoms with Crippen LogP contribution in [0, 0.1) is 5.82 Å². The van der Waals surface area contributed by atoms with Crippen molar-refractivity contribution in [3.8, 4) is 0 Å². The van der Waals surface area contributed by atoms with Crippen molar-refractivity contribution in [3.63, 3.8) is 0 Å². The Morgan fingerprint density at radius 3 is 2.31 bits per heavy atom. The van der Waals surface area contributed by atoms with Crippen LogP contribution >= 0.6 is 0 Å². The van der Waals surface area contributed by atoms with E-state index in [2.05, 4.69) is 5.32 Å². The van der Waals surface area contributed by atoms with E-state index in [1.807, 2.05) is 0 Å². The second-order valence-electron chi connectivity index (χ2n) is 6.73. The van der Waals surface area contributed by atoms with Gasteiger partial charge in [-0.25, -0.2) is 17.6 Å². The quantitative estimate of drug-likeness (QED) is 0.574. The van der Waals surface area contributed by atoms with Crippen molar-refractivity contribution in [2.24, 2.45) is 5.73 Å². The Hall–Kier alpha value is -3.35. The van der Waals surface area contributed by atoms with Gasteiger partial charge in [0, 0.05) is 24.3 Å². The van der Waals surface area contributed by atoms with Crippen LogP contribution in [0.25, 0.3) is 0 Å². The van der Waals surface area contributed by atoms with Crippen molar-refractivity contribution in [2.75, 3.05) is 38.2 Å². The summed E-state index contributed by atoms with van der Waals surface area (Å²) in [5, 5.41) is 2.46. The summed E-state index contributed by atoms with van der Waals surface area (Å²) in [4.78, 5) is 34.7. The van der Waals surface area contributed by atoms with Gasteiger partial charge in [0.1, 0.15) is 10.7 Å². The van der Waals surface area contributed by atoms with E-state index < -0.39 is 45.1 Å². The van der Waals surface area contributed by atoms with Gasteiger partial charge in [0.2, 0.25) is 15.9 Å². The Labute approximate surface area is 183 Å². The van der Waals surface area contributed by atoms with Crippen LogP contribution in [0.1, 0.15) is 20.7 Å². The number of ether oxygens (including phenoxy) is 2. The minimum atomic E-state index is -4.17. The van der Waals surface area contributed by atoms with Gasteiger partial charge in [0.25, 0.3) is 5.91 Å². The van der Waals surface area contributed by atoms with Crippen LogP contribution in [-0.4, -0.2) is 63.4 Å². The van der Waals surface area contributed by atoms with Crippen LogP contribution in [0.2, 0.25) is 0 Å². The summed E-state index contributed by atoms with van der Waals surface area (Å²) in [5.41, 5.74) is 5.51. The van der Waals surface area contributed by atoms with Crippen LogP contribution in [0.15, 0.2) is 47.4 Å². The van der Waals surface area contributed by atoms with E-state index in [4.69, 9.17) is 15.2 Å². The Morgan fingerprint density at radius 1 is 1.06 bits per heavy atom. The number of amides is 2. The zero-order valence-electron chi connectivity index (χ0n) is 16.7. The molecule has 1 aliphatic heterocycles. The molecule has 0 aliphatic carbocycles. The van der Waals surface area contributed by atoms with Gasteiger partial charge in [-0.2, -0.15) is 4.31 Å². The number of carbonyl (C=O) groups excluding carboxylic acids is 3. The Morgan fingerprint density at radius 2 is 1.69 bits per heavy atom. The Bertz CT molecular complexity index is 1130. The lowest BCUT2D eigenvalue weighted by molar-refractivity contribution is -0.119. The number of nitrogens with two attached hydrogens (primary N) is 1. The minimum absolute atomic E-state index is 0.0665. The first-order chi connectivity index (χ1) is 15.2. The van der Waals surface area contributed by atoms with Gasteiger partial charge in [0.15, 0.2) is 6.61 Å². The monoisotopic (exact) mass is 465 g/mol. The summed E-state index contributed by atoms with van der Waals surface area (Å²) < 4.78 is 50.7. The first kappa shape index (κ1) is 23.3. The lowest BCUT2D eigenvalue weighted by atomic mass is 10.2. The van der Waals surface area contributed by atoms with E-state index in [0.717, 1.165) is 22.5 Å². The molecule has 2 amide bonds. The van der Waals surface area contributed by atoms with Crippen molar-refractivity contribution in [1.29, 1.82) is 0 Å². The Balaban J connectivity index is 1.64. The molecule has 2 aromatic rings. The third kappa shape index (κ3) is 5.46. The second-order valence-corrected chi connectivity index (χ2v) is 8.63. The fourth-order valence-corrected chi connectivity index (χ4v) is 4.38. The average molecular weight is 465 g/mol. The lowest BCUT2D eigenvalue weighted by Crippen LogP contribution is -2.41. The number of primary amides is 1. The number of benzene rings is 2. The first-order valence-corrected chi connectivity index (χ1v) is 10.9. The van der Waals surface area contributed by atoms with E-state index >= 15 is 0 Å². The lowest BCUT2D eigenvalue weighted by Gasteiger charge is -2.26. The average Bonchev–Trinajstić information content (AvgIpc) is 2.78. The van der Waals surface area contributed by atoms with E-state index in [1.165, 1.54) is 24.3 Å². The van der Waals surface area contributed by atoms with Crippen LogP contribution in [0.4, 0.5) is 10.1 Å². The molecule has 3 rings (SSSR count). The molecule has 1 aliphatic rings. The molecular weight excluding hydrogens is 445 g/mol. The molecule has 0 unspecified atom stereocenters. The topological polar surface area (TPSA) is 145 Å². The van der Waals surface area contributed by atoms with Crippen molar-refractivity contribution >= 4 is 33.5 Å². The molecule has 3 N–H and O–H groups in total. The third-order valence-corrected chi connectivity index (χ3v) is 6.46. The summed E-state index contributed by atoms with van der Waals surface area (Å²) >= 11 is 0. The van der Waals surface area contributed by atoms with Gasteiger partial charge in [0.05, 0.1) is 18.8 Å². The molecule has 1 heterocycles. The predicted octanol–water partition coefficient (Wildman–Crippen LogP) is 0.741. The predicted molar refractivity (Wildman–Crippen MR) is 110 cm³/mol. The zero-order chi connectivity index (χ0) is 23.3. The van der Waals surface area contributed by atoms with Gasteiger partial charge in [-0.1, -0.05) is 0 Å². The fraction of sp³-hybridized carbons (Fsp3) is 0.250. The number of halogens is 1. The van der Waals surface area contributed by atoms with Crippen LogP contribution < -0.4 is 11.1 Å². The molecular formula is C20H20FN3O7S. The van der Waals surface area contributed by atoms with Crippen molar-refractivity contribution < 1.29 is 36.7 Å². The smallest absolute Gasteiger partial charge is 0.338 e. The van der Waals surface area contributed by atoms with Gasteiger partial charge in [-0.3, -0.25) is 9.59 Å². The van der Waals surface area contributed by atoms with Crippen molar-refractivity contribution in [3.05, 3.63) is 59.4 Å². The van der Waals surface area contributed by atoms with E-state index in [1.54, 1.807) is 0 Å². The van der Waals surface area contributed by atoms with E-state index in [9.17, 15) is 27.2 Å². The maximum absolute atomic E-state index is 14.2. The fourth-order valence-electron chi connectivity index (χ4n) is 2.88. The molecule has 0 atom stereocenters. The van der Waals surface area contributed by atoms with Crippen LogP contribution in [-0.2, 0) is 24.3 Å². The SMILES string of the molecule is NC(=O)c1ccc(NC(=O)COC(=O)c2ccc(F)c(S(=O)(=O)N3CCOCC3)c2)cc1. The number of nitrogens with one attached hydrogen (secondary N) is 1. The number of morpholine rings is 1. The van der Waals surface area contributed by atoms with E-state index in [0.29, 0.717) is 5.69 Å². The van der Waals surface area contributed by atoms with Gasteiger partial charge >= 0.3 is 5.97 Å². The highest BCUT2D eigenvalue weighted by Gasteiger charge is 2.30. The normalized spacial score (nSPS) is 14.5. The summed E-state index contributed by atoms with van der Waals surface area (Å²) in [6.07, 6.45) is 0. The number of sulfonamides is 1. The third-order valence-electron chi connectivity index (χ3n) is 4.54. The van der Waals surface area contributed by atoms with Crippen LogP contribution in [0.3, 0.4) is 0 Å². The molecule has 170 valence electrons. The molecule has 1 saturated heterocycles. The summed E-state index contributed by atoms with van der Waals surface area (Å²) in [6.45, 7) is -0.167. The standard InChI is InChI=1S/C20H20FN3O7S/c21-16-6-3-14(11-17(16)32(28,29)24-7-9-30-10-8-24)20(27)31-12-18(25)23-15-4-1-13(2-5-15)19(22)26/h1-6,11H,7-10,12H2,(H2,22,26)(H,23,25). The number of hydrogen-bond donors (Lipinski definition) is 2. The molecule has 1 fully saturated rings. The molecule has 10 nitrogen and oxygen atoms in total. The minimum Gasteiger partial charge on any atom is -0.452 e. The maximum atomic E-state index is 14.2. The van der Waals surface area contributed by atoms with Crippen molar-refractivity contribution in [2.45, 2.75) is 4.90 Å². The highest BCUT2D eigenvalue weighted by atomic mass is 32.2. The molecule has 32 heavy (non-hydrogen) atoms. The molecule has 0 aromatic heterocycles. The summed E-state index contributed by atoms with van der Waals surface area (Å²) in [5.74, 6) is -3.30. The van der Waals surface area contributed by atoms with Crippen LogP contribution in [0.5, 0.6) is 0 Å². The van der Waals surface area contributed by atoms with E-state index in [-0.39, 0.29) is 37.4 Å².